The van der Waals surface area contributed by atoms with Gasteiger partial charge in [-0.2, -0.15) is 5.10 Å². The van der Waals surface area contributed by atoms with Crippen LogP contribution < -0.4 is 5.32 Å². The number of nitrogens with one attached hydrogen (secondary N) is 2. The van der Waals surface area contributed by atoms with Crippen molar-refractivity contribution in [3.05, 3.63) is 60.6 Å². The Labute approximate surface area is 121 Å². The van der Waals surface area contributed by atoms with Crippen molar-refractivity contribution in [1.82, 2.24) is 25.1 Å². The molecule has 2 aromatic heterocycles. The van der Waals surface area contributed by atoms with Crippen molar-refractivity contribution in [2.75, 3.05) is 6.54 Å². The van der Waals surface area contributed by atoms with Crippen molar-refractivity contribution in [2.45, 2.75) is 13.1 Å². The molecule has 0 aliphatic heterocycles. The van der Waals surface area contributed by atoms with Crippen molar-refractivity contribution in [2.24, 2.45) is 0 Å². The maximum atomic E-state index is 13.0. The van der Waals surface area contributed by atoms with E-state index < -0.39 is 0 Å². The van der Waals surface area contributed by atoms with Crippen LogP contribution >= 0.6 is 0 Å². The number of hydrogen-bond donors (Lipinski definition) is 2. The lowest BCUT2D eigenvalue weighted by atomic mass is 10.1. The highest BCUT2D eigenvalue weighted by atomic mass is 19.1. The Morgan fingerprint density at radius 1 is 1.24 bits per heavy atom. The minimum absolute atomic E-state index is 0.238. The molecule has 0 radical (unpaired) electrons. The van der Waals surface area contributed by atoms with Crippen LogP contribution in [-0.4, -0.2) is 26.3 Å². The predicted octanol–water partition coefficient (Wildman–Crippen LogP) is 2.20. The molecule has 0 bridgehead atoms. The maximum Gasteiger partial charge on any atom is 0.123 e. The van der Waals surface area contributed by atoms with Gasteiger partial charge in [0.1, 0.15) is 5.82 Å². The number of benzene rings is 1. The molecule has 0 saturated heterocycles. The van der Waals surface area contributed by atoms with Crippen LogP contribution in [0.25, 0.3) is 11.3 Å². The quantitative estimate of drug-likeness (QED) is 0.683. The van der Waals surface area contributed by atoms with Gasteiger partial charge in [0.2, 0.25) is 0 Å². The molecule has 0 aliphatic carbocycles. The topological polar surface area (TPSA) is 58.5 Å². The van der Waals surface area contributed by atoms with E-state index in [2.05, 4.69) is 20.5 Å². The summed E-state index contributed by atoms with van der Waals surface area (Å²) in [5.74, 6) is -0.238. The van der Waals surface area contributed by atoms with Crippen LogP contribution in [0.3, 0.4) is 0 Å². The molecule has 0 saturated carbocycles. The lowest BCUT2D eigenvalue weighted by molar-refractivity contribution is 0.598. The first-order valence-electron chi connectivity index (χ1n) is 6.77. The fourth-order valence-electron chi connectivity index (χ4n) is 2.16. The zero-order valence-electron chi connectivity index (χ0n) is 11.5. The summed E-state index contributed by atoms with van der Waals surface area (Å²) in [7, 11) is 0. The van der Waals surface area contributed by atoms with E-state index in [4.69, 9.17) is 0 Å². The number of rotatable bonds is 6. The summed E-state index contributed by atoms with van der Waals surface area (Å²) in [5.41, 5.74) is 2.91. The van der Waals surface area contributed by atoms with Crippen molar-refractivity contribution >= 4 is 0 Å². The second-order valence-corrected chi connectivity index (χ2v) is 4.75. The molecule has 0 spiro atoms. The van der Waals surface area contributed by atoms with E-state index >= 15 is 0 Å². The van der Waals surface area contributed by atoms with Gasteiger partial charge in [-0.1, -0.05) is 0 Å². The highest BCUT2D eigenvalue weighted by molar-refractivity contribution is 5.62. The fraction of sp³-hybridized carbons (Fsp3) is 0.200. The largest absolute Gasteiger partial charge is 0.336 e. The van der Waals surface area contributed by atoms with Gasteiger partial charge in [-0.25, -0.2) is 9.37 Å². The van der Waals surface area contributed by atoms with Crippen LogP contribution in [0.15, 0.2) is 49.2 Å². The normalized spacial score (nSPS) is 10.9. The summed E-state index contributed by atoms with van der Waals surface area (Å²) in [4.78, 5) is 4.00. The van der Waals surface area contributed by atoms with Crippen LogP contribution in [0, 0.1) is 5.82 Å². The third-order valence-corrected chi connectivity index (χ3v) is 3.27. The number of halogens is 1. The molecule has 0 fully saturated rings. The summed E-state index contributed by atoms with van der Waals surface area (Å²) in [6.07, 6.45) is 7.29. The number of H-pyrrole nitrogens is 1. The Bertz CT molecular complexity index is 672. The van der Waals surface area contributed by atoms with E-state index in [9.17, 15) is 4.39 Å². The van der Waals surface area contributed by atoms with Crippen molar-refractivity contribution in [3.8, 4) is 11.3 Å². The van der Waals surface area contributed by atoms with E-state index in [0.717, 1.165) is 29.9 Å². The first-order valence-corrected chi connectivity index (χ1v) is 6.77. The Hall–Kier alpha value is -2.47. The number of aromatic nitrogens is 4. The van der Waals surface area contributed by atoms with Gasteiger partial charge in [0.05, 0.1) is 18.2 Å². The van der Waals surface area contributed by atoms with Crippen LogP contribution in [0.5, 0.6) is 0 Å². The molecule has 6 heteroatoms. The van der Waals surface area contributed by atoms with Gasteiger partial charge in [-0.3, -0.25) is 5.10 Å². The molecule has 0 aliphatic rings. The zero-order valence-corrected chi connectivity index (χ0v) is 11.5. The Balaban J connectivity index is 1.59. The second-order valence-electron chi connectivity index (χ2n) is 4.75. The van der Waals surface area contributed by atoms with Crippen molar-refractivity contribution in [3.63, 3.8) is 0 Å². The summed E-state index contributed by atoms with van der Waals surface area (Å²) in [6.45, 7) is 2.41. The molecule has 108 valence electrons. The number of aromatic amines is 1. The molecule has 2 heterocycles. The monoisotopic (exact) mass is 285 g/mol. The van der Waals surface area contributed by atoms with E-state index in [0.29, 0.717) is 6.54 Å². The molecule has 3 rings (SSSR count). The Morgan fingerprint density at radius 3 is 2.86 bits per heavy atom. The van der Waals surface area contributed by atoms with Gasteiger partial charge in [0, 0.05) is 43.2 Å². The summed E-state index contributed by atoms with van der Waals surface area (Å²) in [6, 6.07) is 6.40. The van der Waals surface area contributed by atoms with E-state index in [1.54, 1.807) is 30.9 Å². The standard InChI is InChI=1S/C15H16FN5/c16-14-3-1-12(2-4-14)15-13(10-19-20-15)9-17-5-7-21-8-6-18-11-21/h1-4,6,8,10-11,17H,5,7,9H2,(H,19,20). The van der Waals surface area contributed by atoms with E-state index in [-0.39, 0.29) is 5.82 Å². The summed E-state index contributed by atoms with van der Waals surface area (Å²) >= 11 is 0. The molecule has 0 unspecified atom stereocenters. The first-order chi connectivity index (χ1) is 10.3. The fourth-order valence-corrected chi connectivity index (χ4v) is 2.16. The average Bonchev–Trinajstić information content (AvgIpc) is 3.16. The van der Waals surface area contributed by atoms with Gasteiger partial charge in [0.25, 0.3) is 0 Å². The SMILES string of the molecule is Fc1ccc(-c2[nH]ncc2CNCCn2ccnc2)cc1. The molecule has 0 amide bonds. The minimum atomic E-state index is -0.238. The first kappa shape index (κ1) is 13.5. The third kappa shape index (κ3) is 3.35. The second kappa shape index (κ2) is 6.32. The zero-order chi connectivity index (χ0) is 14.5. The lowest BCUT2D eigenvalue weighted by Gasteiger charge is -2.06. The smallest absolute Gasteiger partial charge is 0.123 e. The number of imidazole rings is 1. The Kier molecular flexibility index (Phi) is 4.07. The number of hydrogen-bond acceptors (Lipinski definition) is 3. The minimum Gasteiger partial charge on any atom is -0.336 e. The molecular weight excluding hydrogens is 269 g/mol. The van der Waals surface area contributed by atoms with Crippen LogP contribution in [0.1, 0.15) is 5.56 Å². The van der Waals surface area contributed by atoms with Gasteiger partial charge < -0.3 is 9.88 Å². The van der Waals surface area contributed by atoms with Gasteiger partial charge in [-0.15, -0.1) is 0 Å². The van der Waals surface area contributed by atoms with E-state index in [1.165, 1.54) is 12.1 Å². The molecule has 1 aromatic carbocycles. The van der Waals surface area contributed by atoms with Crippen LogP contribution in [0.2, 0.25) is 0 Å². The van der Waals surface area contributed by atoms with Gasteiger partial charge in [0.15, 0.2) is 0 Å². The summed E-state index contributed by atoms with van der Waals surface area (Å²) < 4.78 is 15.0. The third-order valence-electron chi connectivity index (χ3n) is 3.27. The summed E-state index contributed by atoms with van der Waals surface area (Å²) in [5, 5.41) is 10.4. The number of nitrogens with zero attached hydrogens (tertiary/aromatic N) is 3. The van der Waals surface area contributed by atoms with E-state index in [1.807, 2.05) is 10.8 Å². The molecule has 2 N–H and O–H groups in total. The predicted molar refractivity (Wildman–Crippen MR) is 77.9 cm³/mol. The van der Waals surface area contributed by atoms with Crippen LogP contribution in [0.4, 0.5) is 4.39 Å². The van der Waals surface area contributed by atoms with Crippen molar-refractivity contribution < 1.29 is 4.39 Å². The molecule has 0 atom stereocenters. The van der Waals surface area contributed by atoms with Crippen molar-refractivity contribution in [1.29, 1.82) is 0 Å². The molecular formula is C15H16FN5. The average molecular weight is 285 g/mol. The molecule has 21 heavy (non-hydrogen) atoms. The molecule has 5 nitrogen and oxygen atoms in total. The van der Waals surface area contributed by atoms with Gasteiger partial charge in [-0.05, 0) is 24.3 Å². The van der Waals surface area contributed by atoms with Gasteiger partial charge >= 0.3 is 0 Å². The lowest BCUT2D eigenvalue weighted by Crippen LogP contribution is -2.19. The highest BCUT2D eigenvalue weighted by Gasteiger charge is 2.07. The van der Waals surface area contributed by atoms with Crippen LogP contribution in [-0.2, 0) is 13.1 Å². The molecule has 3 aromatic rings. The maximum absolute atomic E-state index is 13.0. The highest BCUT2D eigenvalue weighted by Crippen LogP contribution is 2.21. The Morgan fingerprint density at radius 2 is 2.10 bits per heavy atom.